The summed E-state index contributed by atoms with van der Waals surface area (Å²) in [5, 5.41) is 3.18. The van der Waals surface area contributed by atoms with Gasteiger partial charge in [-0.15, -0.1) is 13.2 Å². The molecule has 3 N–H and O–H groups in total. The predicted octanol–water partition coefficient (Wildman–Crippen LogP) is 4.17. The summed E-state index contributed by atoms with van der Waals surface area (Å²) in [6, 6.07) is 10.6. The molecule has 0 aliphatic carbocycles. The van der Waals surface area contributed by atoms with Crippen LogP contribution in [0.5, 0.6) is 11.5 Å². The van der Waals surface area contributed by atoms with E-state index in [-0.39, 0.29) is 23.8 Å². The first-order valence-electron chi connectivity index (χ1n) is 7.02. The first-order valence-corrected chi connectivity index (χ1v) is 7.40. The lowest BCUT2D eigenvalue weighted by atomic mass is 10.2. The van der Waals surface area contributed by atoms with Gasteiger partial charge in [0.1, 0.15) is 11.5 Å². The third-order valence-electron chi connectivity index (χ3n) is 3.04. The lowest BCUT2D eigenvalue weighted by Gasteiger charge is -2.12. The number of ether oxygens (including phenoxy) is 2. The van der Waals surface area contributed by atoms with Crippen LogP contribution in [0.2, 0.25) is 5.02 Å². The first-order chi connectivity index (χ1) is 11.8. The molecule has 0 heterocycles. The van der Waals surface area contributed by atoms with Crippen LogP contribution in [0.3, 0.4) is 0 Å². The van der Waals surface area contributed by atoms with Crippen molar-refractivity contribution in [2.45, 2.75) is 12.9 Å². The molecule has 9 heteroatoms. The number of halogens is 4. The number of nitrogens with one attached hydrogen (secondary N) is 1. The number of methoxy groups -OCH3 is 1. The van der Waals surface area contributed by atoms with Crippen LogP contribution in [-0.2, 0) is 6.54 Å². The summed E-state index contributed by atoms with van der Waals surface area (Å²) >= 11 is 6.00. The topological polar surface area (TPSA) is 68.9 Å². The van der Waals surface area contributed by atoms with E-state index >= 15 is 0 Å². The van der Waals surface area contributed by atoms with Crippen molar-refractivity contribution in [3.05, 3.63) is 53.1 Å². The zero-order valence-electron chi connectivity index (χ0n) is 13.1. The van der Waals surface area contributed by atoms with E-state index in [9.17, 15) is 13.2 Å². The molecule has 0 fully saturated rings. The predicted molar refractivity (Wildman–Crippen MR) is 90.1 cm³/mol. The van der Waals surface area contributed by atoms with Gasteiger partial charge in [-0.1, -0.05) is 29.8 Å². The second kappa shape index (κ2) is 7.98. The molecule has 0 atom stereocenters. The Balaban J connectivity index is 2.08. The van der Waals surface area contributed by atoms with Crippen molar-refractivity contribution in [3.63, 3.8) is 0 Å². The third kappa shape index (κ3) is 5.75. The largest absolute Gasteiger partial charge is 0.573 e. The van der Waals surface area contributed by atoms with E-state index in [0.29, 0.717) is 16.5 Å². The van der Waals surface area contributed by atoms with E-state index in [2.05, 4.69) is 15.0 Å². The van der Waals surface area contributed by atoms with E-state index in [1.807, 2.05) is 0 Å². The number of para-hydroxylation sites is 1. The Morgan fingerprint density at radius 3 is 2.56 bits per heavy atom. The van der Waals surface area contributed by atoms with Gasteiger partial charge in [0.2, 0.25) is 0 Å². The molecular formula is C16H15ClF3N3O2. The molecule has 2 rings (SSSR count). The van der Waals surface area contributed by atoms with Gasteiger partial charge in [-0.25, -0.2) is 4.99 Å². The highest BCUT2D eigenvalue weighted by atomic mass is 35.5. The van der Waals surface area contributed by atoms with Crippen molar-refractivity contribution in [1.29, 1.82) is 0 Å². The fourth-order valence-corrected chi connectivity index (χ4v) is 2.22. The van der Waals surface area contributed by atoms with E-state index in [0.717, 1.165) is 0 Å². The molecular weight excluding hydrogens is 359 g/mol. The standard InChI is InChI=1S/C16H15ClF3N3O2/c1-24-14-7-6-11(8-12(14)17)23-15(21)22-9-10-4-2-3-5-13(10)25-16(18,19)20/h2-8H,9H2,1H3,(H3,21,22,23). The Morgan fingerprint density at radius 2 is 1.92 bits per heavy atom. The fraction of sp³-hybridized carbons (Fsp3) is 0.188. The molecule has 2 aromatic rings. The highest BCUT2D eigenvalue weighted by Crippen LogP contribution is 2.28. The number of nitrogens with zero attached hydrogens (tertiary/aromatic N) is 1. The summed E-state index contributed by atoms with van der Waals surface area (Å²) in [5.74, 6) is 0.197. The van der Waals surface area contributed by atoms with Gasteiger partial charge in [0.05, 0.1) is 18.7 Å². The van der Waals surface area contributed by atoms with Crippen LogP contribution in [0.25, 0.3) is 0 Å². The molecule has 0 bridgehead atoms. The zero-order chi connectivity index (χ0) is 18.4. The number of rotatable bonds is 5. The summed E-state index contributed by atoms with van der Waals surface area (Å²) in [5.41, 5.74) is 6.56. The Bertz CT molecular complexity index is 767. The highest BCUT2D eigenvalue weighted by Gasteiger charge is 2.31. The molecule has 0 spiro atoms. The van der Waals surface area contributed by atoms with Crippen LogP contribution >= 0.6 is 11.6 Å². The Morgan fingerprint density at radius 1 is 1.20 bits per heavy atom. The normalized spacial score (nSPS) is 12.0. The molecule has 0 aliphatic heterocycles. The minimum Gasteiger partial charge on any atom is -0.495 e. The summed E-state index contributed by atoms with van der Waals surface area (Å²) in [6.07, 6.45) is -4.77. The van der Waals surface area contributed by atoms with Gasteiger partial charge >= 0.3 is 6.36 Å². The molecule has 0 radical (unpaired) electrons. The minimum atomic E-state index is -4.77. The summed E-state index contributed by atoms with van der Waals surface area (Å²) < 4.78 is 46.2. The number of hydrogen-bond acceptors (Lipinski definition) is 3. The zero-order valence-corrected chi connectivity index (χ0v) is 13.9. The number of alkyl halides is 3. The maximum atomic E-state index is 12.4. The smallest absolute Gasteiger partial charge is 0.495 e. The van der Waals surface area contributed by atoms with Crippen molar-refractivity contribution in [2.75, 3.05) is 12.4 Å². The number of hydrogen-bond donors (Lipinski definition) is 2. The number of benzene rings is 2. The van der Waals surface area contributed by atoms with E-state index in [1.54, 1.807) is 24.3 Å². The average Bonchev–Trinajstić information content (AvgIpc) is 2.53. The number of aliphatic imine (C=N–C) groups is 1. The highest BCUT2D eigenvalue weighted by molar-refractivity contribution is 6.32. The average molecular weight is 374 g/mol. The second-order valence-corrected chi connectivity index (χ2v) is 5.24. The first kappa shape index (κ1) is 18.7. The van der Waals surface area contributed by atoms with Crippen molar-refractivity contribution in [1.82, 2.24) is 0 Å². The molecule has 0 unspecified atom stereocenters. The minimum absolute atomic E-state index is 0.0167. The molecule has 0 aliphatic rings. The van der Waals surface area contributed by atoms with Gasteiger partial charge in [0, 0.05) is 11.3 Å². The summed E-state index contributed by atoms with van der Waals surface area (Å²) in [7, 11) is 1.49. The van der Waals surface area contributed by atoms with Crippen molar-refractivity contribution in [3.8, 4) is 11.5 Å². The molecule has 25 heavy (non-hydrogen) atoms. The molecule has 2 aromatic carbocycles. The Hall–Kier alpha value is -2.61. The van der Waals surface area contributed by atoms with E-state index in [1.165, 1.54) is 25.3 Å². The molecule has 0 amide bonds. The Kier molecular flexibility index (Phi) is 5.97. The van der Waals surface area contributed by atoms with Gasteiger partial charge in [-0.05, 0) is 24.3 Å². The molecule has 0 aromatic heterocycles. The lowest BCUT2D eigenvalue weighted by Crippen LogP contribution is -2.23. The summed E-state index contributed by atoms with van der Waals surface area (Å²) in [4.78, 5) is 4.01. The maximum absolute atomic E-state index is 12.4. The van der Waals surface area contributed by atoms with Crippen molar-refractivity contribution >= 4 is 23.2 Å². The van der Waals surface area contributed by atoms with Gasteiger partial charge < -0.3 is 20.5 Å². The van der Waals surface area contributed by atoms with Crippen LogP contribution in [0.15, 0.2) is 47.5 Å². The van der Waals surface area contributed by atoms with Crippen LogP contribution in [0.1, 0.15) is 5.56 Å². The van der Waals surface area contributed by atoms with Crippen LogP contribution in [0, 0.1) is 0 Å². The maximum Gasteiger partial charge on any atom is 0.573 e. The van der Waals surface area contributed by atoms with Crippen LogP contribution in [-0.4, -0.2) is 19.4 Å². The third-order valence-corrected chi connectivity index (χ3v) is 3.34. The van der Waals surface area contributed by atoms with Gasteiger partial charge in [-0.2, -0.15) is 0 Å². The SMILES string of the molecule is COc1ccc(NC(N)=NCc2ccccc2OC(F)(F)F)cc1Cl. The molecule has 0 saturated heterocycles. The van der Waals surface area contributed by atoms with Gasteiger partial charge in [0.25, 0.3) is 0 Å². The lowest BCUT2D eigenvalue weighted by molar-refractivity contribution is -0.274. The van der Waals surface area contributed by atoms with Crippen molar-refractivity contribution < 1.29 is 22.6 Å². The Labute approximate surface area is 147 Å². The van der Waals surface area contributed by atoms with Gasteiger partial charge in [-0.3, -0.25) is 0 Å². The molecule has 5 nitrogen and oxygen atoms in total. The number of anilines is 1. The summed E-state index contributed by atoms with van der Waals surface area (Å²) in [6.45, 7) is -0.0883. The van der Waals surface area contributed by atoms with E-state index < -0.39 is 6.36 Å². The quantitative estimate of drug-likeness (QED) is 0.609. The number of guanidine groups is 1. The second-order valence-electron chi connectivity index (χ2n) is 4.83. The van der Waals surface area contributed by atoms with Gasteiger partial charge in [0.15, 0.2) is 5.96 Å². The fourth-order valence-electron chi connectivity index (χ4n) is 1.96. The number of nitrogens with two attached hydrogens (primary N) is 1. The molecule has 0 saturated carbocycles. The van der Waals surface area contributed by atoms with Crippen LogP contribution < -0.4 is 20.5 Å². The van der Waals surface area contributed by atoms with Crippen LogP contribution in [0.4, 0.5) is 18.9 Å². The van der Waals surface area contributed by atoms with Crippen molar-refractivity contribution in [2.24, 2.45) is 10.7 Å². The van der Waals surface area contributed by atoms with E-state index in [4.69, 9.17) is 22.1 Å². The molecule has 134 valence electrons. The monoisotopic (exact) mass is 373 g/mol.